The molecule has 0 atom stereocenters. The van der Waals surface area contributed by atoms with Gasteiger partial charge in [-0.1, -0.05) is 6.58 Å². The second kappa shape index (κ2) is 5.26. The van der Waals surface area contributed by atoms with Gasteiger partial charge < -0.3 is 4.84 Å². The highest BCUT2D eigenvalue weighted by Crippen LogP contribution is 1.88. The predicted molar refractivity (Wildman–Crippen MR) is 39.6 cm³/mol. The first kappa shape index (κ1) is 9.46. The van der Waals surface area contributed by atoms with Gasteiger partial charge in [-0.2, -0.15) is 5.48 Å². The van der Waals surface area contributed by atoms with Crippen LogP contribution in [-0.4, -0.2) is 18.4 Å². The molecule has 0 saturated carbocycles. The molecule has 10 heavy (non-hydrogen) atoms. The molecular formula is C6H10ClNO2. The molecule has 0 rings (SSSR count). The summed E-state index contributed by atoms with van der Waals surface area (Å²) in [5, 5.41) is 0. The van der Waals surface area contributed by atoms with Gasteiger partial charge in [-0.15, -0.1) is 11.6 Å². The molecule has 0 aromatic rings. The lowest BCUT2D eigenvalue weighted by Gasteiger charge is -2.01. The minimum absolute atomic E-state index is 0.363. The van der Waals surface area contributed by atoms with Gasteiger partial charge in [0.15, 0.2) is 0 Å². The van der Waals surface area contributed by atoms with E-state index in [1.165, 1.54) is 0 Å². The van der Waals surface area contributed by atoms with Gasteiger partial charge in [-0.25, -0.2) is 4.79 Å². The lowest BCUT2D eigenvalue weighted by Crippen LogP contribution is -2.21. The van der Waals surface area contributed by atoms with Crippen LogP contribution in [0.3, 0.4) is 0 Å². The number of carbonyl (C=O) groups excluding carboxylic acids is 1. The minimum atomic E-state index is -0.454. The summed E-state index contributed by atoms with van der Waals surface area (Å²) in [4.78, 5) is 15.1. The fourth-order valence-corrected chi connectivity index (χ4v) is 0.319. The van der Waals surface area contributed by atoms with Crippen molar-refractivity contribution in [1.82, 2.24) is 5.48 Å². The van der Waals surface area contributed by atoms with Crippen LogP contribution in [0, 0.1) is 0 Å². The number of carbonyl (C=O) groups is 1. The van der Waals surface area contributed by atoms with E-state index in [1.54, 1.807) is 6.92 Å². The van der Waals surface area contributed by atoms with E-state index in [2.05, 4.69) is 16.9 Å². The summed E-state index contributed by atoms with van der Waals surface area (Å²) in [6.07, 6.45) is 0. The molecule has 0 aromatic heterocycles. The van der Waals surface area contributed by atoms with Crippen LogP contribution in [0.2, 0.25) is 0 Å². The Labute approximate surface area is 65.0 Å². The third kappa shape index (κ3) is 4.35. The molecule has 0 saturated heterocycles. The van der Waals surface area contributed by atoms with Crippen molar-refractivity contribution in [2.75, 3.05) is 12.4 Å². The molecule has 0 amide bonds. The van der Waals surface area contributed by atoms with Crippen molar-refractivity contribution in [2.24, 2.45) is 0 Å². The summed E-state index contributed by atoms with van der Waals surface area (Å²) in [6.45, 7) is 5.41. The molecule has 0 fully saturated rings. The van der Waals surface area contributed by atoms with Gasteiger partial charge in [0.05, 0.1) is 0 Å². The number of hydroxylamine groups is 1. The molecule has 0 aliphatic heterocycles. The molecule has 0 aromatic carbocycles. The summed E-state index contributed by atoms with van der Waals surface area (Å²) in [6, 6.07) is 0. The van der Waals surface area contributed by atoms with Gasteiger partial charge in [-0.3, -0.25) is 0 Å². The molecule has 3 nitrogen and oxygen atoms in total. The molecular weight excluding hydrogens is 154 g/mol. The third-order valence-corrected chi connectivity index (χ3v) is 0.899. The van der Waals surface area contributed by atoms with E-state index in [1.807, 2.05) is 0 Å². The van der Waals surface area contributed by atoms with Crippen molar-refractivity contribution in [3.63, 3.8) is 0 Å². The fourth-order valence-electron chi connectivity index (χ4n) is 0.242. The Balaban J connectivity index is 3.31. The zero-order valence-corrected chi connectivity index (χ0v) is 6.57. The van der Waals surface area contributed by atoms with E-state index < -0.39 is 5.97 Å². The predicted octanol–water partition coefficient (Wildman–Crippen LogP) is 0.849. The first-order valence-corrected chi connectivity index (χ1v) is 3.37. The molecule has 0 heterocycles. The number of rotatable bonds is 4. The largest absolute Gasteiger partial charge is 0.367 e. The Hall–Kier alpha value is -0.540. The van der Waals surface area contributed by atoms with Gasteiger partial charge in [-0.05, 0) is 6.92 Å². The van der Waals surface area contributed by atoms with Crippen molar-refractivity contribution in [3.8, 4) is 0 Å². The smallest absolute Gasteiger partial charge is 0.351 e. The molecule has 1 N–H and O–H groups in total. The van der Waals surface area contributed by atoms with Crippen molar-refractivity contribution in [2.45, 2.75) is 6.92 Å². The van der Waals surface area contributed by atoms with Crippen LogP contribution >= 0.6 is 11.6 Å². The molecule has 0 radical (unpaired) electrons. The maximum atomic E-state index is 10.6. The van der Waals surface area contributed by atoms with E-state index in [9.17, 15) is 4.79 Å². The standard InChI is InChI=1S/C6H10ClNO2/c1-5(2)6(9)10-8-4-3-7/h8H,1,3-4H2,2H3. The van der Waals surface area contributed by atoms with Gasteiger partial charge in [0.1, 0.15) is 0 Å². The highest BCUT2D eigenvalue weighted by molar-refractivity contribution is 6.18. The Bertz CT molecular complexity index is 136. The first-order valence-electron chi connectivity index (χ1n) is 2.84. The van der Waals surface area contributed by atoms with Crippen molar-refractivity contribution in [3.05, 3.63) is 12.2 Å². The van der Waals surface area contributed by atoms with Gasteiger partial charge in [0, 0.05) is 18.0 Å². The minimum Gasteiger partial charge on any atom is -0.367 e. The van der Waals surface area contributed by atoms with Gasteiger partial charge in [0.2, 0.25) is 0 Å². The molecule has 0 aliphatic carbocycles. The van der Waals surface area contributed by atoms with Crippen LogP contribution in [0.1, 0.15) is 6.92 Å². The Morgan fingerprint density at radius 2 is 2.40 bits per heavy atom. The van der Waals surface area contributed by atoms with Gasteiger partial charge >= 0.3 is 5.97 Å². The Morgan fingerprint density at radius 3 is 2.80 bits per heavy atom. The summed E-state index contributed by atoms with van der Waals surface area (Å²) in [5.41, 5.74) is 2.74. The number of alkyl halides is 1. The third-order valence-electron chi connectivity index (χ3n) is 0.710. The topological polar surface area (TPSA) is 38.3 Å². The van der Waals surface area contributed by atoms with Crippen LogP contribution < -0.4 is 5.48 Å². The van der Waals surface area contributed by atoms with E-state index in [-0.39, 0.29) is 0 Å². The van der Waals surface area contributed by atoms with Crippen LogP contribution in [0.5, 0.6) is 0 Å². The highest BCUT2D eigenvalue weighted by atomic mass is 35.5. The second-order valence-corrected chi connectivity index (χ2v) is 2.13. The summed E-state index contributed by atoms with van der Waals surface area (Å²) in [5.74, 6) is -0.0474. The maximum absolute atomic E-state index is 10.6. The second-order valence-electron chi connectivity index (χ2n) is 1.75. The number of hydrogen-bond acceptors (Lipinski definition) is 3. The fraction of sp³-hybridized carbons (Fsp3) is 0.500. The zero-order valence-electron chi connectivity index (χ0n) is 5.82. The normalized spacial score (nSPS) is 9.00. The van der Waals surface area contributed by atoms with Crippen LogP contribution in [-0.2, 0) is 9.63 Å². The average molecular weight is 164 g/mol. The van der Waals surface area contributed by atoms with Crippen LogP contribution in [0.25, 0.3) is 0 Å². The maximum Gasteiger partial charge on any atom is 0.351 e. The highest BCUT2D eigenvalue weighted by Gasteiger charge is 2.00. The molecule has 0 aliphatic rings. The van der Waals surface area contributed by atoms with Crippen molar-refractivity contribution < 1.29 is 9.63 Å². The number of hydrogen-bond donors (Lipinski definition) is 1. The SMILES string of the molecule is C=C(C)C(=O)ONCCCl. The zero-order chi connectivity index (χ0) is 7.98. The number of halogens is 1. The molecule has 0 unspecified atom stereocenters. The van der Waals surface area contributed by atoms with Crippen LogP contribution in [0.15, 0.2) is 12.2 Å². The van der Waals surface area contributed by atoms with Crippen molar-refractivity contribution in [1.29, 1.82) is 0 Å². The first-order chi connectivity index (χ1) is 4.68. The Morgan fingerprint density at radius 1 is 1.80 bits per heavy atom. The van der Waals surface area contributed by atoms with Crippen LogP contribution in [0.4, 0.5) is 0 Å². The Kier molecular flexibility index (Phi) is 4.98. The molecule has 58 valence electrons. The van der Waals surface area contributed by atoms with Crippen molar-refractivity contribution >= 4 is 17.6 Å². The monoisotopic (exact) mass is 163 g/mol. The average Bonchev–Trinajstić information content (AvgIpc) is 1.88. The molecule has 0 spiro atoms. The van der Waals surface area contributed by atoms with E-state index >= 15 is 0 Å². The van der Waals surface area contributed by atoms with E-state index in [4.69, 9.17) is 11.6 Å². The quantitative estimate of drug-likeness (QED) is 0.289. The lowest BCUT2D eigenvalue weighted by atomic mass is 10.4. The molecule has 4 heteroatoms. The lowest BCUT2D eigenvalue weighted by molar-refractivity contribution is -0.145. The number of nitrogens with one attached hydrogen (secondary N) is 1. The summed E-state index contributed by atoms with van der Waals surface area (Å²) >= 11 is 5.29. The summed E-state index contributed by atoms with van der Waals surface area (Å²) in [7, 11) is 0. The van der Waals surface area contributed by atoms with Gasteiger partial charge in [0.25, 0.3) is 0 Å². The summed E-state index contributed by atoms with van der Waals surface area (Å²) < 4.78 is 0. The molecule has 0 bridgehead atoms. The van der Waals surface area contributed by atoms with E-state index in [0.29, 0.717) is 18.0 Å². The van der Waals surface area contributed by atoms with E-state index in [0.717, 1.165) is 0 Å².